The number of nitrogens with two attached hydrogens (primary N) is 1. The average molecular weight is 515 g/mol. The lowest BCUT2D eigenvalue weighted by Gasteiger charge is -2.27. The van der Waals surface area contributed by atoms with Gasteiger partial charge in [0.05, 0.1) is 25.6 Å². The Balaban J connectivity index is 1.37. The molecule has 1 amide bonds. The molecule has 11 heteroatoms. The van der Waals surface area contributed by atoms with Gasteiger partial charge in [0.1, 0.15) is 30.5 Å². The molecule has 8 nitrogen and oxygen atoms in total. The number of carbonyl (C=O) groups is 1. The van der Waals surface area contributed by atoms with E-state index in [0.29, 0.717) is 42.6 Å². The molecule has 1 aromatic heterocycles. The molecule has 2 aromatic carbocycles. The van der Waals surface area contributed by atoms with E-state index in [1.165, 1.54) is 23.9 Å². The van der Waals surface area contributed by atoms with Gasteiger partial charge >= 0.3 is 5.17 Å². The first kappa shape index (κ1) is 25.5. The molecule has 0 saturated heterocycles. The number of rotatable bonds is 8. The monoisotopic (exact) mass is 514 g/mol. The number of quaternary nitrogens is 1. The lowest BCUT2D eigenvalue weighted by molar-refractivity contribution is -0.568. The van der Waals surface area contributed by atoms with Gasteiger partial charge in [-0.15, -0.1) is 5.10 Å². The number of nitrogens with zero attached hydrogens (tertiary/aromatic N) is 4. The fourth-order valence-electron chi connectivity index (χ4n) is 3.83. The number of aromatic nitrogens is 3. The van der Waals surface area contributed by atoms with Crippen LogP contribution in [0.2, 0.25) is 0 Å². The van der Waals surface area contributed by atoms with Crippen LogP contribution in [-0.4, -0.2) is 57.8 Å². The maximum absolute atomic E-state index is 15.0. The van der Waals surface area contributed by atoms with Gasteiger partial charge in [-0.2, -0.15) is 0 Å². The van der Waals surface area contributed by atoms with Crippen molar-refractivity contribution in [2.45, 2.75) is 19.6 Å². The summed E-state index contributed by atoms with van der Waals surface area (Å²) in [7, 11) is 1.47. The number of hydrogen-bond acceptors (Lipinski definition) is 6. The molecule has 2 N–H and O–H groups in total. The zero-order chi connectivity index (χ0) is 25.5. The van der Waals surface area contributed by atoms with E-state index in [-0.39, 0.29) is 30.3 Å². The summed E-state index contributed by atoms with van der Waals surface area (Å²) in [6, 6.07) is 12.0. The fraction of sp³-hybridized carbons (Fsp3) is 0.280. The summed E-state index contributed by atoms with van der Waals surface area (Å²) < 4.78 is 41.7. The first-order chi connectivity index (χ1) is 17.4. The maximum atomic E-state index is 15.0. The highest BCUT2D eigenvalue weighted by molar-refractivity contribution is 7.79. The van der Waals surface area contributed by atoms with Crippen LogP contribution < -0.4 is 5.32 Å². The standard InChI is InChI=1S/C25H25F2N5O3S/c1-34-25(36)28-13-19-14-32(30-29-19)20-11-21(26)24(22(27)12-20)18-7-9-31(10-8-18)23(33)16-35-15-17-5-3-2-4-6-17/h2-7,11-12,14H,8-10,13,15-16H2,1H3,(H,28,36)/p+1. The normalized spacial score (nSPS) is 13.4. The Kier molecular flexibility index (Phi) is 8.47. The van der Waals surface area contributed by atoms with Crippen LogP contribution in [0.15, 0.2) is 54.7 Å². The Morgan fingerprint density at radius 3 is 2.61 bits per heavy atom. The van der Waals surface area contributed by atoms with Gasteiger partial charge in [-0.1, -0.05) is 41.6 Å². The molecule has 0 aliphatic carbocycles. The van der Waals surface area contributed by atoms with Crippen LogP contribution in [0.4, 0.5) is 8.78 Å². The molecular weight excluding hydrogens is 488 g/mol. The number of benzene rings is 2. The van der Waals surface area contributed by atoms with E-state index in [4.69, 9.17) is 21.7 Å². The van der Waals surface area contributed by atoms with Gasteiger partial charge in [0.15, 0.2) is 0 Å². The van der Waals surface area contributed by atoms with Crippen molar-refractivity contribution >= 4 is 28.9 Å². The summed E-state index contributed by atoms with van der Waals surface area (Å²) in [5.74, 6) is -1.57. The van der Waals surface area contributed by atoms with E-state index in [1.54, 1.807) is 22.5 Å². The highest BCUT2D eigenvalue weighted by Gasteiger charge is 2.23. The summed E-state index contributed by atoms with van der Waals surface area (Å²) >= 11 is 4.96. The molecule has 2 heterocycles. The van der Waals surface area contributed by atoms with E-state index in [2.05, 4.69) is 10.3 Å². The molecule has 188 valence electrons. The first-order valence-electron chi connectivity index (χ1n) is 11.3. The maximum Gasteiger partial charge on any atom is 0.359 e. The predicted octanol–water partition coefficient (Wildman–Crippen LogP) is 2.37. The molecule has 0 atom stereocenters. The van der Waals surface area contributed by atoms with E-state index in [1.807, 2.05) is 30.3 Å². The van der Waals surface area contributed by atoms with Gasteiger partial charge in [-0.25, -0.2) is 13.5 Å². The van der Waals surface area contributed by atoms with Crippen molar-refractivity contribution in [2.75, 3.05) is 26.8 Å². The van der Waals surface area contributed by atoms with Crippen LogP contribution in [0, 0.1) is 11.6 Å². The Morgan fingerprint density at radius 1 is 1.19 bits per heavy atom. The lowest BCUT2D eigenvalue weighted by atomic mass is 9.98. The van der Waals surface area contributed by atoms with Crippen molar-refractivity contribution in [1.29, 1.82) is 0 Å². The third-order valence-electron chi connectivity index (χ3n) is 5.73. The van der Waals surface area contributed by atoms with Gasteiger partial charge in [0, 0.05) is 43.0 Å². The molecule has 0 fully saturated rings. The van der Waals surface area contributed by atoms with Crippen LogP contribution in [-0.2, 0) is 27.4 Å². The molecule has 1 aliphatic rings. The molecule has 4 rings (SSSR count). The largest absolute Gasteiger partial charge is 0.447 e. The summed E-state index contributed by atoms with van der Waals surface area (Å²) in [4.78, 5) is 14.1. The van der Waals surface area contributed by atoms with Crippen molar-refractivity contribution in [2.24, 2.45) is 0 Å². The zero-order valence-electron chi connectivity index (χ0n) is 19.7. The first-order valence-corrected chi connectivity index (χ1v) is 11.8. The molecule has 0 bridgehead atoms. The van der Waals surface area contributed by atoms with Crippen LogP contribution in [0.1, 0.15) is 23.2 Å². The molecule has 1 aliphatic heterocycles. The zero-order valence-corrected chi connectivity index (χ0v) is 20.5. The number of thiocarbonyl (C=S) groups is 1. The van der Waals surface area contributed by atoms with E-state index in [9.17, 15) is 13.6 Å². The number of hydrogen-bond donors (Lipinski definition) is 1. The minimum Gasteiger partial charge on any atom is -0.447 e. The molecule has 3 aromatic rings. The minimum absolute atomic E-state index is 0.0512. The summed E-state index contributed by atoms with van der Waals surface area (Å²) in [5, 5.41) is 9.93. The second-order valence-electron chi connectivity index (χ2n) is 8.17. The van der Waals surface area contributed by atoms with Crippen molar-refractivity contribution in [1.82, 2.24) is 19.9 Å². The fourth-order valence-corrected chi connectivity index (χ4v) is 3.92. The molecule has 0 spiro atoms. The number of halogens is 2. The van der Waals surface area contributed by atoms with Crippen LogP contribution in [0.25, 0.3) is 11.3 Å². The molecule has 0 unspecified atom stereocenters. The third kappa shape index (κ3) is 6.36. The molecule has 0 saturated carbocycles. The Labute approximate surface area is 212 Å². The second kappa shape index (κ2) is 11.9. The number of carbonyl (C=O) groups excluding carboxylic acids is 1. The smallest absolute Gasteiger partial charge is 0.359 e. The van der Waals surface area contributed by atoms with Gasteiger partial charge in [-0.05, 0) is 17.6 Å². The second-order valence-corrected chi connectivity index (χ2v) is 8.57. The Bertz CT molecular complexity index is 1240. The van der Waals surface area contributed by atoms with Crippen molar-refractivity contribution in [3.05, 3.63) is 83.2 Å². The number of amides is 1. The van der Waals surface area contributed by atoms with Gasteiger partial charge in [-0.3, -0.25) is 10.1 Å². The average Bonchev–Trinajstić information content (AvgIpc) is 3.37. The van der Waals surface area contributed by atoms with Crippen LogP contribution in [0.5, 0.6) is 0 Å². The number of ether oxygens (including phenoxy) is 2. The topological polar surface area (TPSA) is 86.1 Å². The molecule has 36 heavy (non-hydrogen) atoms. The summed E-state index contributed by atoms with van der Waals surface area (Å²) in [6.07, 6.45) is 3.59. The number of methoxy groups -OCH3 is 1. The lowest BCUT2D eigenvalue weighted by Crippen LogP contribution is -2.86. The minimum atomic E-state index is -0.702. The SMILES string of the molecule is COC(=S)[NH2+]Cc1cn(-c2cc(F)c(C3=CCN(C(=O)COCc4ccccc4)CC3)c(F)c2)nn1. The van der Waals surface area contributed by atoms with Crippen molar-refractivity contribution < 1.29 is 28.4 Å². The van der Waals surface area contributed by atoms with Crippen molar-refractivity contribution in [3.63, 3.8) is 0 Å². The highest BCUT2D eigenvalue weighted by Crippen LogP contribution is 2.29. The van der Waals surface area contributed by atoms with Crippen LogP contribution >= 0.6 is 12.2 Å². The van der Waals surface area contributed by atoms with Gasteiger partial charge in [0.2, 0.25) is 5.91 Å². The molecular formula is C25H26F2N5O3S+. The van der Waals surface area contributed by atoms with Gasteiger partial charge < -0.3 is 14.4 Å². The quantitative estimate of drug-likeness (QED) is 0.465. The van der Waals surface area contributed by atoms with E-state index in [0.717, 1.165) is 5.56 Å². The Morgan fingerprint density at radius 2 is 1.94 bits per heavy atom. The molecule has 0 radical (unpaired) electrons. The summed E-state index contributed by atoms with van der Waals surface area (Å²) in [6.45, 7) is 1.29. The van der Waals surface area contributed by atoms with E-state index >= 15 is 0 Å². The van der Waals surface area contributed by atoms with Crippen molar-refractivity contribution in [3.8, 4) is 5.69 Å². The van der Waals surface area contributed by atoms with Gasteiger partial charge in [0.25, 0.3) is 0 Å². The highest BCUT2D eigenvalue weighted by atomic mass is 32.1. The van der Waals surface area contributed by atoms with E-state index < -0.39 is 11.6 Å². The third-order valence-corrected chi connectivity index (χ3v) is 6.06. The Hall–Kier alpha value is -3.54. The van der Waals surface area contributed by atoms with Crippen LogP contribution in [0.3, 0.4) is 0 Å². The summed E-state index contributed by atoms with van der Waals surface area (Å²) in [5.41, 5.74) is 2.20. The predicted molar refractivity (Wildman–Crippen MR) is 132 cm³/mol.